The van der Waals surface area contributed by atoms with Gasteiger partial charge in [0.05, 0.1) is 11.4 Å². The minimum atomic E-state index is 0. The maximum atomic E-state index is 10.9. The van der Waals surface area contributed by atoms with Gasteiger partial charge in [-0.3, -0.25) is 9.59 Å². The Morgan fingerprint density at radius 1 is 0.926 bits per heavy atom. The Bertz CT molecular complexity index is 684. The fourth-order valence-corrected chi connectivity index (χ4v) is 2.02. The standard InChI is InChI=1S/C8H11NO.C7H10N2O.C4H8O.2CH4/c1-6-4-8(7(2)10)9(3)5-6;1-5-4-9(3)7(8-5)6(2)10;1-3-4(2)5;;/h4-5H,1-3H3;4H,1-3H3;3H2,1-2H3;2*1H4. The number of carbonyl (C=O) groups is 3. The number of hydrogen-bond acceptors (Lipinski definition) is 4. The lowest BCUT2D eigenvalue weighted by molar-refractivity contribution is -0.116. The number of Topliss-reactive ketones (excluding diaryl/α,β-unsaturated/α-hetero) is 3. The molecule has 0 radical (unpaired) electrons. The van der Waals surface area contributed by atoms with Crippen LogP contribution in [-0.2, 0) is 18.9 Å². The molecule has 0 atom stereocenters. The summed E-state index contributed by atoms with van der Waals surface area (Å²) >= 11 is 0. The molecule has 154 valence electrons. The van der Waals surface area contributed by atoms with Gasteiger partial charge in [0.25, 0.3) is 0 Å². The van der Waals surface area contributed by atoms with Crippen LogP contribution < -0.4 is 0 Å². The predicted molar refractivity (Wildman–Crippen MR) is 113 cm³/mol. The second-order valence-electron chi connectivity index (χ2n) is 6.00. The van der Waals surface area contributed by atoms with Crippen molar-refractivity contribution in [1.82, 2.24) is 14.1 Å². The molecule has 0 fully saturated rings. The monoisotopic (exact) mass is 379 g/mol. The maximum absolute atomic E-state index is 10.9. The third kappa shape index (κ3) is 10.9. The average molecular weight is 380 g/mol. The third-order valence-electron chi connectivity index (χ3n) is 3.31. The molecular weight excluding hydrogens is 342 g/mol. The van der Waals surface area contributed by atoms with Crippen LogP contribution in [0.2, 0.25) is 0 Å². The summed E-state index contributed by atoms with van der Waals surface area (Å²) in [5.41, 5.74) is 2.79. The van der Waals surface area contributed by atoms with Crippen LogP contribution in [0.1, 0.15) is 81.3 Å². The SMILES string of the molecule is C.C.CC(=O)c1cc(C)cn1C.CC(=O)c1nc(C)cn1C.CCC(C)=O. The van der Waals surface area contributed by atoms with E-state index in [1.165, 1.54) is 6.92 Å². The molecule has 2 heterocycles. The van der Waals surface area contributed by atoms with Crippen molar-refractivity contribution < 1.29 is 14.4 Å². The number of rotatable bonds is 3. The molecule has 0 saturated heterocycles. The Morgan fingerprint density at radius 3 is 1.56 bits per heavy atom. The molecular formula is C21H37N3O3. The second kappa shape index (κ2) is 13.7. The van der Waals surface area contributed by atoms with Gasteiger partial charge in [-0.2, -0.15) is 0 Å². The zero-order valence-electron chi connectivity index (χ0n) is 16.5. The first-order chi connectivity index (χ1) is 11.5. The summed E-state index contributed by atoms with van der Waals surface area (Å²) in [5, 5.41) is 0. The van der Waals surface area contributed by atoms with Gasteiger partial charge in [0.2, 0.25) is 0 Å². The van der Waals surface area contributed by atoms with Crippen LogP contribution in [-0.4, -0.2) is 31.5 Å². The summed E-state index contributed by atoms with van der Waals surface area (Å²) in [5.74, 6) is 0.911. The fourth-order valence-electron chi connectivity index (χ4n) is 2.02. The lowest BCUT2D eigenvalue weighted by Crippen LogP contribution is -2.01. The van der Waals surface area contributed by atoms with Gasteiger partial charge in [-0.05, 0) is 32.4 Å². The van der Waals surface area contributed by atoms with Crippen LogP contribution in [0.3, 0.4) is 0 Å². The fraction of sp³-hybridized carbons (Fsp3) is 0.524. The molecule has 6 heteroatoms. The Kier molecular flexibility index (Phi) is 14.8. The molecule has 0 amide bonds. The van der Waals surface area contributed by atoms with Gasteiger partial charge in [0, 0.05) is 46.8 Å². The number of aryl methyl sites for hydroxylation is 4. The molecule has 0 aliphatic heterocycles. The molecule has 0 unspecified atom stereocenters. The first kappa shape index (κ1) is 29.3. The molecule has 2 aromatic rings. The van der Waals surface area contributed by atoms with Crippen molar-refractivity contribution in [3.63, 3.8) is 0 Å². The zero-order chi connectivity index (χ0) is 19.7. The molecule has 0 aliphatic carbocycles. The molecule has 27 heavy (non-hydrogen) atoms. The van der Waals surface area contributed by atoms with Crippen LogP contribution in [0.5, 0.6) is 0 Å². The number of carbonyl (C=O) groups excluding carboxylic acids is 3. The molecule has 0 aromatic carbocycles. The van der Waals surface area contributed by atoms with E-state index in [4.69, 9.17) is 0 Å². The summed E-state index contributed by atoms with van der Waals surface area (Å²) in [6.07, 6.45) is 4.44. The maximum Gasteiger partial charge on any atom is 0.195 e. The molecule has 0 spiro atoms. The zero-order valence-corrected chi connectivity index (χ0v) is 16.5. The van der Waals surface area contributed by atoms with Crippen molar-refractivity contribution in [2.24, 2.45) is 14.1 Å². The number of ketones is 3. The highest BCUT2D eigenvalue weighted by atomic mass is 16.1. The van der Waals surface area contributed by atoms with Crippen LogP contribution in [0.15, 0.2) is 18.5 Å². The highest BCUT2D eigenvalue weighted by molar-refractivity contribution is 5.92. The summed E-state index contributed by atoms with van der Waals surface area (Å²) in [4.78, 5) is 35.5. The molecule has 0 N–H and O–H groups in total. The number of aromatic nitrogens is 3. The number of nitrogens with zero attached hydrogens (tertiary/aromatic N) is 3. The second-order valence-corrected chi connectivity index (χ2v) is 6.00. The quantitative estimate of drug-likeness (QED) is 0.723. The van der Waals surface area contributed by atoms with Crippen molar-refractivity contribution in [2.45, 2.75) is 62.8 Å². The van der Waals surface area contributed by atoms with Gasteiger partial charge in [-0.15, -0.1) is 0 Å². The van der Waals surface area contributed by atoms with Crippen LogP contribution in [0.4, 0.5) is 0 Å². The van der Waals surface area contributed by atoms with E-state index >= 15 is 0 Å². The van der Waals surface area contributed by atoms with Gasteiger partial charge in [-0.1, -0.05) is 21.8 Å². The van der Waals surface area contributed by atoms with Crippen molar-refractivity contribution in [2.75, 3.05) is 0 Å². The van der Waals surface area contributed by atoms with Gasteiger partial charge in [0.15, 0.2) is 17.4 Å². The minimum Gasteiger partial charge on any atom is -0.348 e. The topological polar surface area (TPSA) is 74.0 Å². The smallest absolute Gasteiger partial charge is 0.195 e. The van der Waals surface area contributed by atoms with Gasteiger partial charge in [0.1, 0.15) is 5.78 Å². The Labute approximate surface area is 164 Å². The van der Waals surface area contributed by atoms with Crippen LogP contribution in [0.25, 0.3) is 0 Å². The van der Waals surface area contributed by atoms with Crippen LogP contribution in [0, 0.1) is 13.8 Å². The van der Waals surface area contributed by atoms with E-state index in [1.807, 2.05) is 57.9 Å². The summed E-state index contributed by atoms with van der Waals surface area (Å²) in [7, 11) is 3.69. The first-order valence-corrected chi connectivity index (χ1v) is 8.13. The van der Waals surface area contributed by atoms with Crippen molar-refractivity contribution in [3.05, 3.63) is 41.2 Å². The highest BCUT2D eigenvalue weighted by Gasteiger charge is 2.05. The molecule has 6 nitrogen and oxygen atoms in total. The normalized spacial score (nSPS) is 8.74. The van der Waals surface area contributed by atoms with Gasteiger partial charge >= 0.3 is 0 Å². The van der Waals surface area contributed by atoms with Crippen molar-refractivity contribution in [1.29, 1.82) is 0 Å². The largest absolute Gasteiger partial charge is 0.348 e. The first-order valence-electron chi connectivity index (χ1n) is 8.13. The Balaban J connectivity index is -0.000000326. The van der Waals surface area contributed by atoms with Gasteiger partial charge in [-0.25, -0.2) is 4.98 Å². The molecule has 0 saturated carbocycles. The number of hydrogen-bond donors (Lipinski definition) is 0. The summed E-state index contributed by atoms with van der Waals surface area (Å²) < 4.78 is 3.58. The lowest BCUT2D eigenvalue weighted by Gasteiger charge is -1.94. The van der Waals surface area contributed by atoms with Crippen LogP contribution >= 0.6 is 0 Å². The molecule has 0 aliphatic rings. The van der Waals surface area contributed by atoms with Crippen molar-refractivity contribution in [3.8, 4) is 0 Å². The van der Waals surface area contributed by atoms with E-state index in [0.29, 0.717) is 12.2 Å². The van der Waals surface area contributed by atoms with E-state index in [0.717, 1.165) is 17.0 Å². The average Bonchev–Trinajstić information content (AvgIpc) is 3.01. The molecule has 0 bridgehead atoms. The molecule has 2 aromatic heterocycles. The molecule has 2 rings (SSSR count). The number of imidazole rings is 1. The van der Waals surface area contributed by atoms with E-state index in [9.17, 15) is 14.4 Å². The van der Waals surface area contributed by atoms with E-state index in [1.54, 1.807) is 18.4 Å². The minimum absolute atomic E-state index is 0. The Hall–Kier alpha value is -2.50. The van der Waals surface area contributed by atoms with Gasteiger partial charge < -0.3 is 13.9 Å². The summed E-state index contributed by atoms with van der Waals surface area (Å²) in [6.45, 7) is 10.4. The summed E-state index contributed by atoms with van der Waals surface area (Å²) in [6, 6.07) is 1.89. The lowest BCUT2D eigenvalue weighted by atomic mass is 10.3. The Morgan fingerprint density at radius 2 is 1.41 bits per heavy atom. The van der Waals surface area contributed by atoms with E-state index in [-0.39, 0.29) is 32.2 Å². The predicted octanol–water partition coefficient (Wildman–Crippen LogP) is 4.72. The third-order valence-corrected chi connectivity index (χ3v) is 3.31. The van der Waals surface area contributed by atoms with E-state index < -0.39 is 0 Å². The highest BCUT2D eigenvalue weighted by Crippen LogP contribution is 2.05. The van der Waals surface area contributed by atoms with E-state index in [2.05, 4.69) is 4.98 Å². The van der Waals surface area contributed by atoms with Crippen molar-refractivity contribution >= 4 is 17.3 Å².